The number of nitrogen functional groups attached to an aromatic ring is 1. The van der Waals surface area contributed by atoms with Crippen LogP contribution in [0.5, 0.6) is 0 Å². The number of hydrogen-bond donors (Lipinski definition) is 3. The van der Waals surface area contributed by atoms with Crippen molar-refractivity contribution in [2.75, 3.05) is 24.2 Å². The van der Waals surface area contributed by atoms with E-state index >= 15 is 0 Å². The Morgan fingerprint density at radius 2 is 2.20 bits per heavy atom. The summed E-state index contributed by atoms with van der Waals surface area (Å²) in [6, 6.07) is 5.46. The average molecular weight is 204 g/mol. The van der Waals surface area contributed by atoms with Crippen LogP contribution in [0.15, 0.2) is 24.5 Å². The summed E-state index contributed by atoms with van der Waals surface area (Å²) in [6.07, 6.45) is 1.48. The minimum absolute atomic E-state index is 0.0633. The molecule has 2 rings (SSSR count). The smallest absolute Gasteiger partial charge is 0.137 e. The van der Waals surface area contributed by atoms with E-state index in [1.54, 1.807) is 6.07 Å². The first-order chi connectivity index (χ1) is 7.31. The summed E-state index contributed by atoms with van der Waals surface area (Å²) in [5.41, 5.74) is 7.19. The van der Waals surface area contributed by atoms with Gasteiger partial charge in [0, 0.05) is 17.6 Å². The van der Waals surface area contributed by atoms with Gasteiger partial charge in [0.15, 0.2) is 0 Å². The maximum atomic E-state index is 8.72. The van der Waals surface area contributed by atoms with Crippen molar-refractivity contribution in [2.24, 2.45) is 0 Å². The van der Waals surface area contributed by atoms with Crippen molar-refractivity contribution in [1.82, 2.24) is 9.97 Å². The monoisotopic (exact) mass is 204 g/mol. The molecule has 0 aliphatic rings. The Morgan fingerprint density at radius 3 is 3.00 bits per heavy atom. The second kappa shape index (κ2) is 4.10. The summed E-state index contributed by atoms with van der Waals surface area (Å²) in [5, 5.41) is 12.6. The highest BCUT2D eigenvalue weighted by Crippen LogP contribution is 2.21. The molecule has 2 aromatic rings. The van der Waals surface area contributed by atoms with Crippen molar-refractivity contribution in [1.29, 1.82) is 0 Å². The molecule has 4 N–H and O–H groups in total. The number of nitrogens with zero attached hydrogens (tertiary/aromatic N) is 2. The zero-order valence-electron chi connectivity index (χ0n) is 8.14. The molecule has 1 aromatic heterocycles. The Morgan fingerprint density at radius 1 is 1.33 bits per heavy atom. The van der Waals surface area contributed by atoms with Crippen LogP contribution in [0.3, 0.4) is 0 Å². The number of aliphatic hydroxyl groups excluding tert-OH is 1. The molecule has 0 saturated carbocycles. The average Bonchev–Trinajstić information content (AvgIpc) is 2.26. The fraction of sp³-hybridized carbons (Fsp3) is 0.200. The third-order valence-corrected chi connectivity index (χ3v) is 2.06. The molecule has 5 nitrogen and oxygen atoms in total. The molecule has 0 saturated heterocycles. The number of hydrogen-bond acceptors (Lipinski definition) is 5. The third kappa shape index (κ3) is 1.97. The quantitative estimate of drug-likeness (QED) is 0.638. The zero-order valence-corrected chi connectivity index (χ0v) is 8.14. The van der Waals surface area contributed by atoms with E-state index in [1.807, 2.05) is 12.1 Å². The Balaban J connectivity index is 2.48. The summed E-state index contributed by atoms with van der Waals surface area (Å²) < 4.78 is 0. The van der Waals surface area contributed by atoms with Gasteiger partial charge in [-0.1, -0.05) is 0 Å². The maximum absolute atomic E-state index is 8.72. The molecule has 1 aromatic carbocycles. The first kappa shape index (κ1) is 9.67. The van der Waals surface area contributed by atoms with Gasteiger partial charge in [0.2, 0.25) is 0 Å². The molecule has 0 bridgehead atoms. The van der Waals surface area contributed by atoms with E-state index in [9.17, 15) is 0 Å². The van der Waals surface area contributed by atoms with E-state index in [0.717, 1.165) is 10.9 Å². The number of rotatable bonds is 3. The van der Waals surface area contributed by atoms with Crippen LogP contribution in [0.25, 0.3) is 10.9 Å². The van der Waals surface area contributed by atoms with Crippen molar-refractivity contribution >= 4 is 22.4 Å². The number of fused-ring (bicyclic) bond motifs is 1. The predicted molar refractivity (Wildman–Crippen MR) is 59.5 cm³/mol. The zero-order chi connectivity index (χ0) is 10.7. The van der Waals surface area contributed by atoms with Crippen molar-refractivity contribution < 1.29 is 5.11 Å². The Bertz CT molecular complexity index is 472. The molecule has 0 atom stereocenters. The number of aliphatic hydroxyl groups is 1. The molecule has 1 heterocycles. The molecule has 0 fully saturated rings. The second-order valence-electron chi connectivity index (χ2n) is 3.15. The number of benzene rings is 1. The van der Waals surface area contributed by atoms with Gasteiger partial charge >= 0.3 is 0 Å². The number of nitrogens with one attached hydrogen (secondary N) is 1. The molecule has 0 radical (unpaired) electrons. The van der Waals surface area contributed by atoms with Gasteiger partial charge in [-0.15, -0.1) is 0 Å². The van der Waals surface area contributed by atoms with Gasteiger partial charge in [-0.2, -0.15) is 0 Å². The molecule has 15 heavy (non-hydrogen) atoms. The largest absolute Gasteiger partial charge is 0.399 e. The minimum atomic E-state index is 0.0633. The van der Waals surface area contributed by atoms with E-state index < -0.39 is 0 Å². The van der Waals surface area contributed by atoms with E-state index in [1.165, 1.54) is 6.33 Å². The van der Waals surface area contributed by atoms with Crippen LogP contribution in [0.2, 0.25) is 0 Å². The third-order valence-electron chi connectivity index (χ3n) is 2.06. The Hall–Kier alpha value is -1.88. The Labute approximate surface area is 87.0 Å². The van der Waals surface area contributed by atoms with Gasteiger partial charge in [0.05, 0.1) is 12.1 Å². The first-order valence-electron chi connectivity index (χ1n) is 4.66. The van der Waals surface area contributed by atoms with E-state index in [-0.39, 0.29) is 6.61 Å². The molecular weight excluding hydrogens is 192 g/mol. The molecule has 0 aliphatic heterocycles. The van der Waals surface area contributed by atoms with Gasteiger partial charge in [0.1, 0.15) is 12.1 Å². The summed E-state index contributed by atoms with van der Waals surface area (Å²) >= 11 is 0. The fourth-order valence-corrected chi connectivity index (χ4v) is 1.39. The van der Waals surface area contributed by atoms with Crippen LogP contribution >= 0.6 is 0 Å². The molecular formula is C10H12N4O. The summed E-state index contributed by atoms with van der Waals surface area (Å²) in [5.74, 6) is 0.696. The van der Waals surface area contributed by atoms with Crippen molar-refractivity contribution in [2.45, 2.75) is 0 Å². The van der Waals surface area contributed by atoms with Crippen LogP contribution in [0.4, 0.5) is 11.5 Å². The standard InChI is InChI=1S/C10H12N4O/c11-7-1-2-9-8(5-7)10(12-3-4-15)14-6-13-9/h1-2,5-6,15H,3-4,11H2,(H,12,13,14). The van der Waals surface area contributed by atoms with E-state index in [4.69, 9.17) is 10.8 Å². The molecule has 5 heteroatoms. The molecule has 78 valence electrons. The van der Waals surface area contributed by atoms with Crippen LogP contribution in [-0.4, -0.2) is 28.2 Å². The lowest BCUT2D eigenvalue weighted by Crippen LogP contribution is -2.07. The van der Waals surface area contributed by atoms with E-state index in [0.29, 0.717) is 18.1 Å². The van der Waals surface area contributed by atoms with Crippen LogP contribution < -0.4 is 11.1 Å². The van der Waals surface area contributed by atoms with Gasteiger partial charge < -0.3 is 16.2 Å². The maximum Gasteiger partial charge on any atom is 0.137 e. The van der Waals surface area contributed by atoms with Gasteiger partial charge in [-0.25, -0.2) is 9.97 Å². The summed E-state index contributed by atoms with van der Waals surface area (Å²) in [6.45, 7) is 0.523. The van der Waals surface area contributed by atoms with Gasteiger partial charge in [0.25, 0.3) is 0 Å². The number of aromatic nitrogens is 2. The summed E-state index contributed by atoms with van der Waals surface area (Å²) in [7, 11) is 0. The van der Waals surface area contributed by atoms with Gasteiger partial charge in [-0.3, -0.25) is 0 Å². The normalized spacial score (nSPS) is 10.5. The lowest BCUT2D eigenvalue weighted by atomic mass is 10.2. The number of nitrogens with two attached hydrogens (primary N) is 1. The first-order valence-corrected chi connectivity index (χ1v) is 4.66. The highest BCUT2D eigenvalue weighted by molar-refractivity contribution is 5.91. The van der Waals surface area contributed by atoms with Crippen LogP contribution in [0.1, 0.15) is 0 Å². The molecule has 0 amide bonds. The Kier molecular flexibility index (Phi) is 2.64. The molecule has 0 aliphatic carbocycles. The number of anilines is 2. The predicted octanol–water partition coefficient (Wildman–Crippen LogP) is 0.616. The van der Waals surface area contributed by atoms with Crippen molar-refractivity contribution in [3.63, 3.8) is 0 Å². The van der Waals surface area contributed by atoms with Crippen LogP contribution in [-0.2, 0) is 0 Å². The SMILES string of the molecule is Nc1ccc2ncnc(NCCO)c2c1. The minimum Gasteiger partial charge on any atom is -0.399 e. The van der Waals surface area contributed by atoms with Crippen molar-refractivity contribution in [3.05, 3.63) is 24.5 Å². The van der Waals surface area contributed by atoms with Crippen LogP contribution in [0, 0.1) is 0 Å². The summed E-state index contributed by atoms with van der Waals surface area (Å²) in [4.78, 5) is 8.22. The highest BCUT2D eigenvalue weighted by Gasteiger charge is 2.02. The fourth-order valence-electron chi connectivity index (χ4n) is 1.39. The molecule has 0 unspecified atom stereocenters. The van der Waals surface area contributed by atoms with Crippen molar-refractivity contribution in [3.8, 4) is 0 Å². The van der Waals surface area contributed by atoms with Gasteiger partial charge in [-0.05, 0) is 18.2 Å². The molecule has 0 spiro atoms. The highest BCUT2D eigenvalue weighted by atomic mass is 16.3. The second-order valence-corrected chi connectivity index (χ2v) is 3.15. The topological polar surface area (TPSA) is 84.1 Å². The van der Waals surface area contributed by atoms with E-state index in [2.05, 4.69) is 15.3 Å². The lowest BCUT2D eigenvalue weighted by Gasteiger charge is -2.06. The lowest BCUT2D eigenvalue weighted by molar-refractivity contribution is 0.311.